The molecule has 1 aromatic rings. The standard InChI is InChI=1S/C25H34F6IN5O7/c1-22(2,24(26,27)28)16(36-21(42)43-5)18(39)37-34-11-15(38)14(10-12-6-8-13(32)9-7-12)35-19(40)17(44-20(33)41)23(3,4)25(29,30)31/h6-9,14-17,34,38H,10-11H2,1-5H3,(H2,33,41)(H,35,40)(H,36,42)(H,37,39). The molecule has 12 nitrogen and oxygen atoms in total. The largest absolute Gasteiger partial charge is 0.453 e. The van der Waals surface area contributed by atoms with Crippen molar-refractivity contribution in [3.63, 3.8) is 0 Å². The maximum Gasteiger partial charge on any atom is 0.407 e. The predicted molar refractivity (Wildman–Crippen MR) is 150 cm³/mol. The molecule has 0 aromatic heterocycles. The Labute approximate surface area is 262 Å². The molecule has 1 aromatic carbocycles. The van der Waals surface area contributed by atoms with Gasteiger partial charge in [0.1, 0.15) is 11.5 Å². The highest BCUT2D eigenvalue weighted by atomic mass is 127. The first-order chi connectivity index (χ1) is 19.9. The number of hydrogen-bond acceptors (Lipinski definition) is 8. The number of methoxy groups -OCH3 is 1. The molecular formula is C25H34F6IN5O7. The van der Waals surface area contributed by atoms with Gasteiger partial charge >= 0.3 is 24.5 Å². The van der Waals surface area contributed by atoms with Crippen molar-refractivity contribution in [3.05, 3.63) is 33.4 Å². The summed E-state index contributed by atoms with van der Waals surface area (Å²) >= 11 is 2.01. The number of nitrogens with one attached hydrogen (secondary N) is 4. The van der Waals surface area contributed by atoms with E-state index in [1.807, 2.05) is 28.0 Å². The molecular weight excluding hydrogens is 723 g/mol. The quantitative estimate of drug-likeness (QED) is 0.101. The van der Waals surface area contributed by atoms with Gasteiger partial charge in [0.15, 0.2) is 6.10 Å². The topological polar surface area (TPSA) is 181 Å². The Morgan fingerprint density at radius 2 is 1.43 bits per heavy atom. The molecule has 4 unspecified atom stereocenters. The van der Waals surface area contributed by atoms with Crippen molar-refractivity contribution in [1.29, 1.82) is 0 Å². The highest BCUT2D eigenvalue weighted by molar-refractivity contribution is 14.1. The molecule has 0 aliphatic rings. The van der Waals surface area contributed by atoms with E-state index in [0.717, 1.165) is 10.7 Å². The summed E-state index contributed by atoms with van der Waals surface area (Å²) in [7, 11) is 0.871. The van der Waals surface area contributed by atoms with Crippen LogP contribution < -0.4 is 27.2 Å². The van der Waals surface area contributed by atoms with E-state index in [4.69, 9.17) is 5.73 Å². The molecule has 0 fully saturated rings. The van der Waals surface area contributed by atoms with Crippen molar-refractivity contribution in [2.75, 3.05) is 13.7 Å². The molecule has 4 amide bonds. The van der Waals surface area contributed by atoms with Gasteiger partial charge in [-0.2, -0.15) is 26.3 Å². The normalized spacial score (nSPS) is 15.3. The maximum absolute atomic E-state index is 13.7. The molecule has 0 aliphatic carbocycles. The Kier molecular flexibility index (Phi) is 13.5. The number of hydrogen-bond donors (Lipinski definition) is 6. The van der Waals surface area contributed by atoms with Crippen LogP contribution in [-0.4, -0.2) is 79.4 Å². The first-order valence-corrected chi connectivity index (χ1v) is 13.7. The molecule has 0 spiro atoms. The fraction of sp³-hybridized carbons (Fsp3) is 0.600. The second-order valence-corrected chi connectivity index (χ2v) is 12.0. The zero-order valence-corrected chi connectivity index (χ0v) is 26.3. The number of ether oxygens (including phenoxy) is 2. The number of alkyl carbamates (subject to hydrolysis) is 1. The molecule has 0 saturated carbocycles. The lowest BCUT2D eigenvalue weighted by Gasteiger charge is -2.36. The average molecular weight is 757 g/mol. The van der Waals surface area contributed by atoms with Crippen LogP contribution in [0.1, 0.15) is 33.3 Å². The van der Waals surface area contributed by atoms with Gasteiger partial charge in [0.05, 0.1) is 24.7 Å². The molecule has 1 rings (SSSR count). The summed E-state index contributed by atoms with van der Waals surface area (Å²) in [5, 5.41) is 14.9. The van der Waals surface area contributed by atoms with Gasteiger partial charge in [-0.05, 0) is 74.4 Å². The number of carbonyl (C=O) groups is 4. The molecule has 4 atom stereocenters. The van der Waals surface area contributed by atoms with Crippen LogP contribution in [0.3, 0.4) is 0 Å². The van der Waals surface area contributed by atoms with Crippen LogP contribution in [0.2, 0.25) is 0 Å². The lowest BCUT2D eigenvalue weighted by Crippen LogP contribution is -2.62. The lowest BCUT2D eigenvalue weighted by atomic mass is 9.83. The first kappa shape index (κ1) is 39.0. The number of benzene rings is 1. The zero-order valence-electron chi connectivity index (χ0n) is 24.2. The molecule has 0 bridgehead atoms. The summed E-state index contributed by atoms with van der Waals surface area (Å²) in [5.74, 6) is -2.84. The van der Waals surface area contributed by atoms with Crippen molar-refractivity contribution in [1.82, 2.24) is 21.5 Å². The zero-order chi connectivity index (χ0) is 34.3. The summed E-state index contributed by atoms with van der Waals surface area (Å²) < 4.78 is 91.7. The predicted octanol–water partition coefficient (Wildman–Crippen LogP) is 2.67. The van der Waals surface area contributed by atoms with Crippen molar-refractivity contribution >= 4 is 46.6 Å². The van der Waals surface area contributed by atoms with E-state index in [0.29, 0.717) is 33.3 Å². The molecule has 0 saturated heterocycles. The molecule has 19 heteroatoms. The molecule has 44 heavy (non-hydrogen) atoms. The van der Waals surface area contributed by atoms with Gasteiger partial charge in [-0.3, -0.25) is 15.0 Å². The van der Waals surface area contributed by atoms with Gasteiger partial charge in [-0.15, -0.1) is 0 Å². The van der Waals surface area contributed by atoms with Crippen LogP contribution in [0.4, 0.5) is 35.9 Å². The van der Waals surface area contributed by atoms with Crippen molar-refractivity contribution in [3.8, 4) is 0 Å². The molecule has 0 aliphatic heterocycles. The van der Waals surface area contributed by atoms with E-state index in [2.05, 4.69) is 20.2 Å². The molecule has 0 heterocycles. The number of aliphatic hydroxyl groups excluding tert-OH is 1. The number of aliphatic hydroxyl groups is 1. The minimum Gasteiger partial charge on any atom is -0.453 e. The van der Waals surface area contributed by atoms with Gasteiger partial charge in [0.2, 0.25) is 0 Å². The van der Waals surface area contributed by atoms with Crippen molar-refractivity contribution < 1.29 is 60.1 Å². The third kappa shape index (κ3) is 10.5. The van der Waals surface area contributed by atoms with Crippen LogP contribution in [-0.2, 0) is 25.5 Å². The second kappa shape index (κ2) is 15.3. The number of primary amides is 1. The summed E-state index contributed by atoms with van der Waals surface area (Å²) in [4.78, 5) is 48.7. The lowest BCUT2D eigenvalue weighted by molar-refractivity contribution is -0.238. The SMILES string of the molecule is COC(=O)NC(C(=O)NNCC(O)C(Cc1ccc(I)cc1)NC(=O)C(OC(N)=O)C(C)(C)C(F)(F)F)C(C)(C)C(F)(F)F. The fourth-order valence-electron chi connectivity index (χ4n) is 3.58. The number of carbonyl (C=O) groups excluding carboxylic acids is 4. The average Bonchev–Trinajstić information content (AvgIpc) is 2.89. The van der Waals surface area contributed by atoms with E-state index in [-0.39, 0.29) is 6.42 Å². The van der Waals surface area contributed by atoms with E-state index in [1.165, 1.54) is 0 Å². The van der Waals surface area contributed by atoms with Crippen molar-refractivity contribution in [2.45, 2.75) is 70.8 Å². The third-order valence-corrected chi connectivity index (χ3v) is 7.42. The fourth-order valence-corrected chi connectivity index (χ4v) is 3.94. The highest BCUT2D eigenvalue weighted by Crippen LogP contribution is 2.42. The van der Waals surface area contributed by atoms with Gasteiger partial charge in [0.25, 0.3) is 11.8 Å². The smallest absolute Gasteiger partial charge is 0.407 e. The van der Waals surface area contributed by atoms with Crippen LogP contribution >= 0.6 is 22.6 Å². The van der Waals surface area contributed by atoms with E-state index in [1.54, 1.807) is 29.6 Å². The minimum absolute atomic E-state index is 0.192. The van der Waals surface area contributed by atoms with Gasteiger partial charge < -0.3 is 30.9 Å². The molecule has 250 valence electrons. The van der Waals surface area contributed by atoms with Gasteiger partial charge in [0, 0.05) is 10.1 Å². The van der Waals surface area contributed by atoms with Crippen LogP contribution in [0.15, 0.2) is 24.3 Å². The number of alkyl halides is 6. The van der Waals surface area contributed by atoms with Crippen LogP contribution in [0, 0.1) is 14.4 Å². The van der Waals surface area contributed by atoms with E-state index >= 15 is 0 Å². The minimum atomic E-state index is -5.04. The number of nitrogens with two attached hydrogens (primary N) is 1. The van der Waals surface area contributed by atoms with Crippen molar-refractivity contribution in [2.24, 2.45) is 16.6 Å². The maximum atomic E-state index is 13.7. The Hall–Kier alpha value is -3.07. The summed E-state index contributed by atoms with van der Waals surface area (Å²) in [6.07, 6.45) is -17.4. The monoisotopic (exact) mass is 757 g/mol. The molecule has 0 radical (unpaired) electrons. The van der Waals surface area contributed by atoms with Crippen LogP contribution in [0.25, 0.3) is 0 Å². The Morgan fingerprint density at radius 1 is 0.909 bits per heavy atom. The number of halogens is 7. The molecule has 7 N–H and O–H groups in total. The van der Waals surface area contributed by atoms with E-state index in [9.17, 15) is 50.6 Å². The highest BCUT2D eigenvalue weighted by Gasteiger charge is 2.57. The Morgan fingerprint density at radius 3 is 1.89 bits per heavy atom. The van der Waals surface area contributed by atoms with Gasteiger partial charge in [-0.25, -0.2) is 15.0 Å². The summed E-state index contributed by atoms with van der Waals surface area (Å²) in [6, 6.07) is 2.93. The number of amides is 4. The second-order valence-electron chi connectivity index (χ2n) is 10.7. The van der Waals surface area contributed by atoms with E-state index < -0.39 is 78.0 Å². The van der Waals surface area contributed by atoms with Crippen LogP contribution in [0.5, 0.6) is 0 Å². The number of hydrazine groups is 1. The third-order valence-electron chi connectivity index (χ3n) is 6.70. The van der Waals surface area contributed by atoms with Gasteiger partial charge in [-0.1, -0.05) is 12.1 Å². The Balaban J connectivity index is 3.23. The summed E-state index contributed by atoms with van der Waals surface area (Å²) in [5.41, 5.74) is 3.80. The summed E-state index contributed by atoms with van der Waals surface area (Å²) in [6.45, 7) is 1.85. The Bertz CT molecular complexity index is 1170. The number of rotatable bonds is 13. The first-order valence-electron chi connectivity index (χ1n) is 12.6.